The van der Waals surface area contributed by atoms with Gasteiger partial charge in [0, 0.05) is 17.2 Å². The number of allylic oxidation sites excluding steroid dienone is 4. The van der Waals surface area contributed by atoms with Crippen LogP contribution in [0.15, 0.2) is 41.5 Å². The van der Waals surface area contributed by atoms with Gasteiger partial charge in [-0.2, -0.15) is 0 Å². The predicted molar refractivity (Wildman–Crippen MR) is 120 cm³/mol. The minimum Gasteiger partial charge on any atom is -0.507 e. The Morgan fingerprint density at radius 3 is 2.16 bits per heavy atom. The highest BCUT2D eigenvalue weighted by atomic mass is 16.5. The molecule has 0 radical (unpaired) electrons. The van der Waals surface area contributed by atoms with E-state index in [0.29, 0.717) is 17.5 Å². The van der Waals surface area contributed by atoms with Crippen molar-refractivity contribution in [3.05, 3.63) is 63.8 Å². The van der Waals surface area contributed by atoms with E-state index in [2.05, 4.69) is 0 Å². The first kappa shape index (κ1) is 23.2. The van der Waals surface area contributed by atoms with Crippen molar-refractivity contribution in [1.29, 1.82) is 0 Å². The number of aliphatic hydroxyl groups is 1. The predicted octanol–water partition coefficient (Wildman–Crippen LogP) is 4.20. The molecule has 1 heterocycles. The Labute approximate surface area is 186 Å². The molecular weight excluding hydrogens is 412 g/mol. The van der Waals surface area contributed by atoms with Crippen molar-refractivity contribution in [2.75, 3.05) is 0 Å². The van der Waals surface area contributed by atoms with E-state index in [-0.39, 0.29) is 34.8 Å². The number of phenolic OH excluding ortho intramolecular Hbond substituents is 4. The number of rotatable bonds is 5. The second kappa shape index (κ2) is 8.96. The molecule has 0 saturated heterocycles. The molecule has 32 heavy (non-hydrogen) atoms. The molecule has 2 atom stereocenters. The molecule has 0 bridgehead atoms. The van der Waals surface area contributed by atoms with Gasteiger partial charge in [-0.05, 0) is 58.2 Å². The van der Waals surface area contributed by atoms with Crippen LogP contribution < -0.4 is 4.74 Å². The molecule has 7 nitrogen and oxygen atoms in total. The van der Waals surface area contributed by atoms with Crippen molar-refractivity contribution in [2.24, 2.45) is 0 Å². The van der Waals surface area contributed by atoms with Gasteiger partial charge >= 0.3 is 0 Å². The molecule has 2 unspecified atom stereocenters. The standard InChI is InChI=1S/C25H28O7/c1-12(2)5-7-14-9-15(10-19(28)21(14)29)24-23(31)22(30)20-18(27)11-17(26)16(25(20)32-24)8-6-13(3)4/h5-6,9-11,23-24,26-29,31H,7-8H2,1-4H3. The number of phenols is 4. The van der Waals surface area contributed by atoms with Gasteiger partial charge in [-0.15, -0.1) is 0 Å². The lowest BCUT2D eigenvalue weighted by molar-refractivity contribution is 0.0205. The van der Waals surface area contributed by atoms with Crippen LogP contribution in [0.2, 0.25) is 0 Å². The first-order valence-electron chi connectivity index (χ1n) is 10.3. The molecule has 0 fully saturated rings. The fourth-order valence-electron chi connectivity index (χ4n) is 3.61. The van der Waals surface area contributed by atoms with Crippen molar-refractivity contribution in [2.45, 2.75) is 52.7 Å². The minimum atomic E-state index is -1.66. The smallest absolute Gasteiger partial charge is 0.202 e. The number of ether oxygens (including phenoxy) is 1. The van der Waals surface area contributed by atoms with E-state index < -0.39 is 29.5 Å². The normalized spacial score (nSPS) is 17.3. The summed E-state index contributed by atoms with van der Waals surface area (Å²) in [6.07, 6.45) is 1.41. The van der Waals surface area contributed by atoms with E-state index >= 15 is 0 Å². The average Bonchev–Trinajstić information content (AvgIpc) is 2.70. The zero-order chi connectivity index (χ0) is 23.7. The molecule has 3 rings (SSSR count). The summed E-state index contributed by atoms with van der Waals surface area (Å²) in [6, 6.07) is 3.84. The number of ketones is 1. The van der Waals surface area contributed by atoms with Crippen molar-refractivity contribution in [1.82, 2.24) is 0 Å². The molecule has 0 aliphatic carbocycles. The van der Waals surface area contributed by atoms with Gasteiger partial charge in [0.25, 0.3) is 0 Å². The summed E-state index contributed by atoms with van der Waals surface area (Å²) in [7, 11) is 0. The number of hydrogen-bond acceptors (Lipinski definition) is 7. The summed E-state index contributed by atoms with van der Waals surface area (Å²) in [5, 5.41) is 51.8. The molecule has 1 aliphatic rings. The molecular formula is C25H28O7. The van der Waals surface area contributed by atoms with Gasteiger partial charge in [-0.3, -0.25) is 4.79 Å². The van der Waals surface area contributed by atoms with Crippen molar-refractivity contribution >= 4 is 5.78 Å². The van der Waals surface area contributed by atoms with Gasteiger partial charge in [-0.25, -0.2) is 0 Å². The monoisotopic (exact) mass is 440 g/mol. The number of aromatic hydroxyl groups is 4. The first-order chi connectivity index (χ1) is 15.0. The maximum absolute atomic E-state index is 13.0. The second-order valence-corrected chi connectivity index (χ2v) is 8.46. The van der Waals surface area contributed by atoms with Crippen LogP contribution in [0.1, 0.15) is 60.8 Å². The molecule has 7 heteroatoms. The van der Waals surface area contributed by atoms with Crippen LogP contribution in [0.3, 0.4) is 0 Å². The molecule has 5 N–H and O–H groups in total. The van der Waals surface area contributed by atoms with Crippen LogP contribution in [-0.4, -0.2) is 37.4 Å². The number of benzene rings is 2. The Kier molecular flexibility index (Phi) is 6.50. The number of hydrogen-bond donors (Lipinski definition) is 5. The second-order valence-electron chi connectivity index (χ2n) is 8.46. The number of Topliss-reactive ketones (excluding diaryl/α,β-unsaturated/α-hetero) is 1. The van der Waals surface area contributed by atoms with E-state index in [1.165, 1.54) is 6.07 Å². The highest BCUT2D eigenvalue weighted by Crippen LogP contribution is 2.46. The molecule has 2 aromatic rings. The maximum Gasteiger partial charge on any atom is 0.202 e. The van der Waals surface area contributed by atoms with Gasteiger partial charge in [0.15, 0.2) is 23.7 Å². The van der Waals surface area contributed by atoms with Crippen molar-refractivity contribution in [3.63, 3.8) is 0 Å². The van der Waals surface area contributed by atoms with Crippen LogP contribution in [0.25, 0.3) is 0 Å². The van der Waals surface area contributed by atoms with E-state index in [1.807, 2.05) is 39.8 Å². The number of aliphatic hydroxyl groups excluding tert-OH is 1. The average molecular weight is 440 g/mol. The third-order valence-corrected chi connectivity index (χ3v) is 5.35. The third-order valence-electron chi connectivity index (χ3n) is 5.35. The SMILES string of the molecule is CC(C)=CCc1cc(C2Oc3c(CC=C(C)C)c(O)cc(O)c3C(=O)C2O)cc(O)c1O. The number of fused-ring (bicyclic) bond motifs is 1. The summed E-state index contributed by atoms with van der Waals surface area (Å²) in [5.74, 6) is -2.19. The lowest BCUT2D eigenvalue weighted by atomic mass is 9.89. The molecule has 0 saturated carbocycles. The van der Waals surface area contributed by atoms with Gasteiger partial charge in [0.2, 0.25) is 5.78 Å². The fraction of sp³-hybridized carbons (Fsp3) is 0.320. The number of carbonyl (C=O) groups excluding carboxylic acids is 1. The van der Waals surface area contributed by atoms with Gasteiger partial charge in [0.05, 0.1) is 0 Å². The summed E-state index contributed by atoms with van der Waals surface area (Å²) in [5.41, 5.74) is 2.78. The molecule has 0 amide bonds. The Balaban J connectivity index is 2.13. The lowest BCUT2D eigenvalue weighted by Crippen LogP contribution is -2.36. The Morgan fingerprint density at radius 1 is 0.906 bits per heavy atom. The molecule has 0 spiro atoms. The van der Waals surface area contributed by atoms with Crippen LogP contribution >= 0.6 is 0 Å². The van der Waals surface area contributed by atoms with Crippen LogP contribution in [0.5, 0.6) is 28.7 Å². The van der Waals surface area contributed by atoms with Gasteiger partial charge in [0.1, 0.15) is 22.8 Å². The summed E-state index contributed by atoms with van der Waals surface area (Å²) >= 11 is 0. The Bertz CT molecular complexity index is 1120. The Hall–Kier alpha value is -3.45. The van der Waals surface area contributed by atoms with E-state index in [0.717, 1.165) is 17.2 Å². The fourth-order valence-corrected chi connectivity index (χ4v) is 3.61. The van der Waals surface area contributed by atoms with Crippen molar-refractivity contribution < 1.29 is 35.1 Å². The molecule has 0 aromatic heterocycles. The Morgan fingerprint density at radius 2 is 1.53 bits per heavy atom. The summed E-state index contributed by atoms with van der Waals surface area (Å²) in [6.45, 7) is 7.57. The largest absolute Gasteiger partial charge is 0.507 e. The molecule has 1 aliphatic heterocycles. The van der Waals surface area contributed by atoms with Gasteiger partial charge < -0.3 is 30.3 Å². The van der Waals surface area contributed by atoms with Gasteiger partial charge in [-0.1, -0.05) is 23.3 Å². The highest BCUT2D eigenvalue weighted by Gasteiger charge is 2.41. The minimum absolute atomic E-state index is 0.0151. The third kappa shape index (κ3) is 4.43. The van der Waals surface area contributed by atoms with E-state index in [1.54, 1.807) is 6.07 Å². The first-order valence-corrected chi connectivity index (χ1v) is 10.3. The van der Waals surface area contributed by atoms with Crippen LogP contribution in [0.4, 0.5) is 0 Å². The summed E-state index contributed by atoms with van der Waals surface area (Å²) in [4.78, 5) is 13.0. The van der Waals surface area contributed by atoms with Crippen LogP contribution in [0, 0.1) is 0 Å². The van der Waals surface area contributed by atoms with E-state index in [9.17, 15) is 30.3 Å². The summed E-state index contributed by atoms with van der Waals surface area (Å²) < 4.78 is 5.97. The molecule has 2 aromatic carbocycles. The maximum atomic E-state index is 13.0. The zero-order valence-corrected chi connectivity index (χ0v) is 18.5. The van der Waals surface area contributed by atoms with Crippen LogP contribution in [-0.2, 0) is 12.8 Å². The molecule has 170 valence electrons. The lowest BCUT2D eigenvalue weighted by Gasteiger charge is -2.32. The quantitative estimate of drug-likeness (QED) is 0.348. The topological polar surface area (TPSA) is 127 Å². The highest BCUT2D eigenvalue weighted by molar-refractivity contribution is 6.06. The van der Waals surface area contributed by atoms with E-state index in [4.69, 9.17) is 4.74 Å². The van der Waals surface area contributed by atoms with Crippen molar-refractivity contribution in [3.8, 4) is 28.7 Å². The number of carbonyl (C=O) groups is 1. The zero-order valence-electron chi connectivity index (χ0n) is 18.5.